The van der Waals surface area contributed by atoms with Crippen molar-refractivity contribution in [3.05, 3.63) is 77.9 Å². The first-order valence-electron chi connectivity index (χ1n) is 10.0. The monoisotopic (exact) mass is 387 g/mol. The number of anilines is 1. The summed E-state index contributed by atoms with van der Waals surface area (Å²) in [5, 5.41) is 11.5. The van der Waals surface area contributed by atoms with E-state index in [2.05, 4.69) is 40.2 Å². The minimum atomic E-state index is -0.177. The lowest BCUT2D eigenvalue weighted by Crippen LogP contribution is -2.31. The van der Waals surface area contributed by atoms with Gasteiger partial charge in [-0.25, -0.2) is 0 Å². The van der Waals surface area contributed by atoms with Crippen LogP contribution in [0.2, 0.25) is 0 Å². The summed E-state index contributed by atoms with van der Waals surface area (Å²) in [4.78, 5) is 24.9. The van der Waals surface area contributed by atoms with Gasteiger partial charge in [-0.1, -0.05) is 54.6 Å². The Morgan fingerprint density at radius 2 is 1.69 bits per heavy atom. The summed E-state index contributed by atoms with van der Waals surface area (Å²) >= 11 is 0. The van der Waals surface area contributed by atoms with Crippen LogP contribution in [0.3, 0.4) is 0 Å². The van der Waals surface area contributed by atoms with E-state index in [0.717, 1.165) is 18.4 Å². The van der Waals surface area contributed by atoms with Gasteiger partial charge in [0.1, 0.15) is 0 Å². The van der Waals surface area contributed by atoms with E-state index in [1.165, 1.54) is 10.8 Å². The van der Waals surface area contributed by atoms with E-state index in [1.807, 2.05) is 31.2 Å². The van der Waals surface area contributed by atoms with Crippen molar-refractivity contribution < 1.29 is 9.59 Å². The first-order valence-corrected chi connectivity index (χ1v) is 10.0. The fraction of sp³-hybridized carbons (Fsp3) is 0.250. The molecule has 5 nitrogen and oxygen atoms in total. The molecule has 3 aromatic rings. The minimum absolute atomic E-state index is 0.0141. The van der Waals surface area contributed by atoms with Crippen LogP contribution < -0.4 is 16.0 Å². The minimum Gasteiger partial charge on any atom is -0.349 e. The van der Waals surface area contributed by atoms with Gasteiger partial charge >= 0.3 is 0 Å². The van der Waals surface area contributed by atoms with Crippen molar-refractivity contribution in [2.45, 2.75) is 31.8 Å². The topological polar surface area (TPSA) is 70.2 Å². The number of benzene rings is 3. The summed E-state index contributed by atoms with van der Waals surface area (Å²) < 4.78 is 0. The highest BCUT2D eigenvalue weighted by Gasteiger charge is 2.25. The van der Waals surface area contributed by atoms with Gasteiger partial charge in [0.2, 0.25) is 5.91 Å². The predicted octanol–water partition coefficient (Wildman–Crippen LogP) is 4.02. The summed E-state index contributed by atoms with van der Waals surface area (Å²) in [5.74, 6) is -0.316. The second kappa shape index (κ2) is 8.45. The standard InChI is InChI=1S/C24H25N3O2/c1-16(19-11-6-8-17-7-2-3-9-20(17)19)25-15-23(28)27-22-12-5-4-10-21(22)24(29)26-18-13-14-18/h2-12,16,18,25H,13-15H2,1H3,(H,26,29)(H,27,28)/t16-/m0/s1. The van der Waals surface area contributed by atoms with E-state index < -0.39 is 0 Å². The number of carbonyl (C=O) groups excluding carboxylic acids is 2. The molecule has 4 rings (SSSR count). The highest BCUT2D eigenvalue weighted by molar-refractivity contribution is 6.04. The van der Waals surface area contributed by atoms with Crippen LogP contribution in [0.15, 0.2) is 66.7 Å². The zero-order valence-electron chi connectivity index (χ0n) is 16.4. The van der Waals surface area contributed by atoms with E-state index in [1.54, 1.807) is 18.2 Å². The van der Waals surface area contributed by atoms with Gasteiger partial charge in [-0.15, -0.1) is 0 Å². The van der Waals surface area contributed by atoms with Gasteiger partial charge in [0, 0.05) is 12.1 Å². The molecule has 0 saturated heterocycles. The molecular formula is C24H25N3O2. The van der Waals surface area contributed by atoms with Crippen molar-refractivity contribution in [2.75, 3.05) is 11.9 Å². The van der Waals surface area contributed by atoms with Gasteiger partial charge < -0.3 is 16.0 Å². The van der Waals surface area contributed by atoms with E-state index in [0.29, 0.717) is 11.3 Å². The highest BCUT2D eigenvalue weighted by atomic mass is 16.2. The lowest BCUT2D eigenvalue weighted by Gasteiger charge is -2.17. The van der Waals surface area contributed by atoms with Crippen LogP contribution in [-0.2, 0) is 4.79 Å². The van der Waals surface area contributed by atoms with Crippen molar-refractivity contribution in [1.82, 2.24) is 10.6 Å². The summed E-state index contributed by atoms with van der Waals surface area (Å²) in [5.41, 5.74) is 2.19. The largest absolute Gasteiger partial charge is 0.349 e. The number of para-hydroxylation sites is 1. The number of hydrogen-bond donors (Lipinski definition) is 3. The van der Waals surface area contributed by atoms with Crippen LogP contribution in [0, 0.1) is 0 Å². The first-order chi connectivity index (χ1) is 14.1. The Labute approximate surface area is 170 Å². The van der Waals surface area contributed by atoms with Crippen LogP contribution in [0.5, 0.6) is 0 Å². The second-order valence-electron chi connectivity index (χ2n) is 7.51. The summed E-state index contributed by atoms with van der Waals surface area (Å²) in [6.07, 6.45) is 2.05. The average molecular weight is 387 g/mol. The SMILES string of the molecule is C[C@H](NCC(=O)Nc1ccccc1C(=O)NC1CC1)c1cccc2ccccc12. The van der Waals surface area contributed by atoms with E-state index in [-0.39, 0.29) is 30.4 Å². The Bertz CT molecular complexity index is 1040. The number of hydrogen-bond acceptors (Lipinski definition) is 3. The molecule has 0 bridgehead atoms. The Morgan fingerprint density at radius 3 is 2.52 bits per heavy atom. The quantitative estimate of drug-likeness (QED) is 0.573. The fourth-order valence-corrected chi connectivity index (χ4v) is 3.46. The third-order valence-electron chi connectivity index (χ3n) is 5.22. The highest BCUT2D eigenvalue weighted by Crippen LogP contribution is 2.24. The Morgan fingerprint density at radius 1 is 0.966 bits per heavy atom. The molecule has 0 unspecified atom stereocenters. The number of nitrogens with one attached hydrogen (secondary N) is 3. The maximum Gasteiger partial charge on any atom is 0.253 e. The first kappa shape index (κ1) is 19.2. The zero-order chi connectivity index (χ0) is 20.2. The van der Waals surface area contributed by atoms with Crippen LogP contribution in [0.25, 0.3) is 10.8 Å². The van der Waals surface area contributed by atoms with Crippen LogP contribution in [-0.4, -0.2) is 24.4 Å². The number of rotatable bonds is 7. The molecule has 0 heterocycles. The molecule has 29 heavy (non-hydrogen) atoms. The molecular weight excluding hydrogens is 362 g/mol. The number of carbonyl (C=O) groups is 2. The van der Waals surface area contributed by atoms with Crippen LogP contribution in [0.4, 0.5) is 5.69 Å². The Hall–Kier alpha value is -3.18. The molecule has 0 spiro atoms. The number of fused-ring (bicyclic) bond motifs is 1. The van der Waals surface area contributed by atoms with E-state index in [9.17, 15) is 9.59 Å². The zero-order valence-corrected chi connectivity index (χ0v) is 16.4. The molecule has 1 aliphatic carbocycles. The molecule has 5 heteroatoms. The average Bonchev–Trinajstić information content (AvgIpc) is 3.56. The molecule has 0 aromatic heterocycles. The Kier molecular flexibility index (Phi) is 5.58. The van der Waals surface area contributed by atoms with Gasteiger partial charge in [0.15, 0.2) is 0 Å². The molecule has 1 aliphatic rings. The summed E-state index contributed by atoms with van der Waals surface area (Å²) in [7, 11) is 0. The molecule has 1 saturated carbocycles. The lowest BCUT2D eigenvalue weighted by molar-refractivity contribution is -0.115. The number of amides is 2. The van der Waals surface area contributed by atoms with Gasteiger partial charge in [-0.2, -0.15) is 0 Å². The van der Waals surface area contributed by atoms with Gasteiger partial charge in [0.25, 0.3) is 5.91 Å². The van der Waals surface area contributed by atoms with Crippen molar-refractivity contribution in [3.8, 4) is 0 Å². The fourth-order valence-electron chi connectivity index (χ4n) is 3.46. The maximum atomic E-state index is 12.5. The van der Waals surface area contributed by atoms with Crippen molar-refractivity contribution in [1.29, 1.82) is 0 Å². The molecule has 0 aliphatic heterocycles. The van der Waals surface area contributed by atoms with E-state index >= 15 is 0 Å². The normalized spacial score (nSPS) is 14.4. The Balaban J connectivity index is 1.39. The van der Waals surface area contributed by atoms with E-state index in [4.69, 9.17) is 0 Å². The predicted molar refractivity (Wildman–Crippen MR) is 116 cm³/mol. The third kappa shape index (κ3) is 4.63. The van der Waals surface area contributed by atoms with Crippen molar-refractivity contribution >= 4 is 28.3 Å². The molecule has 1 atom stereocenters. The van der Waals surface area contributed by atoms with Gasteiger partial charge in [0.05, 0.1) is 17.8 Å². The third-order valence-corrected chi connectivity index (χ3v) is 5.22. The molecule has 3 aromatic carbocycles. The lowest BCUT2D eigenvalue weighted by atomic mass is 10.00. The van der Waals surface area contributed by atoms with Crippen molar-refractivity contribution in [2.24, 2.45) is 0 Å². The molecule has 0 radical (unpaired) electrons. The van der Waals surface area contributed by atoms with Crippen molar-refractivity contribution in [3.63, 3.8) is 0 Å². The molecule has 1 fully saturated rings. The maximum absolute atomic E-state index is 12.5. The van der Waals surface area contributed by atoms with Crippen LogP contribution in [0.1, 0.15) is 41.7 Å². The van der Waals surface area contributed by atoms with Gasteiger partial charge in [-0.3, -0.25) is 9.59 Å². The second-order valence-corrected chi connectivity index (χ2v) is 7.51. The molecule has 2 amide bonds. The summed E-state index contributed by atoms with van der Waals surface area (Å²) in [6.45, 7) is 2.20. The van der Waals surface area contributed by atoms with Crippen LogP contribution >= 0.6 is 0 Å². The van der Waals surface area contributed by atoms with Gasteiger partial charge in [-0.05, 0) is 48.2 Å². The molecule has 3 N–H and O–H groups in total. The molecule has 148 valence electrons. The summed E-state index contributed by atoms with van der Waals surface area (Å²) in [6, 6.07) is 21.8. The smallest absolute Gasteiger partial charge is 0.253 e.